The molecule has 0 N–H and O–H groups in total. The van der Waals surface area contributed by atoms with Crippen molar-refractivity contribution in [3.63, 3.8) is 0 Å². The van der Waals surface area contributed by atoms with Crippen LogP contribution in [0.5, 0.6) is 11.6 Å². The van der Waals surface area contributed by atoms with E-state index in [0.29, 0.717) is 25.6 Å². The lowest BCUT2D eigenvalue weighted by atomic mass is 10.1. The third-order valence-electron chi connectivity index (χ3n) is 4.93. The standard InChI is InChI=1S/C23H23Br2N3O3/c1-4-10-30-21-13-19(22-14(2)27-31-15(22)3)26-28(21)9-11-29-20-8-5-16-12-17(24)6-7-18(16)23(20)25/h5-8,12-13H,4,9-11H2,1-3H3. The highest BCUT2D eigenvalue weighted by molar-refractivity contribution is 9.11. The lowest BCUT2D eigenvalue weighted by molar-refractivity contribution is 0.252. The topological polar surface area (TPSA) is 62.3 Å². The highest BCUT2D eigenvalue weighted by Gasteiger charge is 2.18. The molecule has 162 valence electrons. The van der Waals surface area contributed by atoms with Gasteiger partial charge in [0.15, 0.2) is 0 Å². The van der Waals surface area contributed by atoms with E-state index >= 15 is 0 Å². The molecule has 2 aromatic heterocycles. The van der Waals surface area contributed by atoms with E-state index in [1.165, 1.54) is 0 Å². The molecule has 0 saturated heterocycles. The Balaban J connectivity index is 1.53. The molecule has 4 aromatic rings. The van der Waals surface area contributed by atoms with E-state index in [4.69, 9.17) is 19.1 Å². The molecule has 31 heavy (non-hydrogen) atoms. The Labute approximate surface area is 197 Å². The first-order valence-electron chi connectivity index (χ1n) is 10.1. The molecule has 0 amide bonds. The van der Waals surface area contributed by atoms with Crippen LogP contribution in [0.25, 0.3) is 22.0 Å². The molecule has 0 radical (unpaired) electrons. The predicted molar refractivity (Wildman–Crippen MR) is 128 cm³/mol. The molecule has 8 heteroatoms. The van der Waals surface area contributed by atoms with E-state index in [9.17, 15) is 0 Å². The van der Waals surface area contributed by atoms with Crippen LogP contribution in [0.2, 0.25) is 0 Å². The average molecular weight is 549 g/mol. The Kier molecular flexibility index (Phi) is 6.67. The lowest BCUT2D eigenvalue weighted by Gasteiger charge is -2.12. The van der Waals surface area contributed by atoms with Crippen LogP contribution < -0.4 is 9.47 Å². The molecule has 0 unspecified atom stereocenters. The highest BCUT2D eigenvalue weighted by atomic mass is 79.9. The number of aryl methyl sites for hydroxylation is 2. The van der Waals surface area contributed by atoms with E-state index in [-0.39, 0.29) is 0 Å². The monoisotopic (exact) mass is 547 g/mol. The zero-order valence-electron chi connectivity index (χ0n) is 17.6. The summed E-state index contributed by atoms with van der Waals surface area (Å²) in [6.07, 6.45) is 0.919. The molecular weight excluding hydrogens is 526 g/mol. The first-order chi connectivity index (χ1) is 15.0. The van der Waals surface area contributed by atoms with Crippen molar-refractivity contribution in [1.29, 1.82) is 0 Å². The van der Waals surface area contributed by atoms with Crippen LogP contribution in [-0.2, 0) is 6.54 Å². The molecule has 0 fully saturated rings. The van der Waals surface area contributed by atoms with Crippen LogP contribution in [-0.4, -0.2) is 28.2 Å². The van der Waals surface area contributed by atoms with Gasteiger partial charge in [0.25, 0.3) is 0 Å². The Hall–Kier alpha value is -2.32. The van der Waals surface area contributed by atoms with Gasteiger partial charge in [-0.3, -0.25) is 0 Å². The van der Waals surface area contributed by atoms with Crippen molar-refractivity contribution in [2.45, 2.75) is 33.7 Å². The van der Waals surface area contributed by atoms with Gasteiger partial charge in [-0.2, -0.15) is 5.10 Å². The summed E-state index contributed by atoms with van der Waals surface area (Å²) in [6.45, 7) is 7.50. The summed E-state index contributed by atoms with van der Waals surface area (Å²) in [5.41, 5.74) is 2.51. The average Bonchev–Trinajstić information content (AvgIpc) is 3.30. The van der Waals surface area contributed by atoms with Crippen LogP contribution in [0.15, 0.2) is 49.9 Å². The normalized spacial score (nSPS) is 11.3. The summed E-state index contributed by atoms with van der Waals surface area (Å²) < 4.78 is 21.1. The zero-order valence-corrected chi connectivity index (χ0v) is 20.8. The van der Waals surface area contributed by atoms with Crippen molar-refractivity contribution in [1.82, 2.24) is 14.9 Å². The molecule has 4 rings (SSSR count). The van der Waals surface area contributed by atoms with Crippen molar-refractivity contribution < 1.29 is 14.0 Å². The smallest absolute Gasteiger partial charge is 0.212 e. The van der Waals surface area contributed by atoms with Crippen molar-refractivity contribution in [2.75, 3.05) is 13.2 Å². The Morgan fingerprint density at radius 1 is 1.03 bits per heavy atom. The Morgan fingerprint density at radius 3 is 2.61 bits per heavy atom. The lowest BCUT2D eigenvalue weighted by Crippen LogP contribution is -2.12. The van der Waals surface area contributed by atoms with Gasteiger partial charge in [0.1, 0.15) is 23.8 Å². The second kappa shape index (κ2) is 9.44. The van der Waals surface area contributed by atoms with Crippen LogP contribution in [0, 0.1) is 13.8 Å². The van der Waals surface area contributed by atoms with E-state index in [2.05, 4.69) is 62.1 Å². The molecule has 0 aliphatic heterocycles. The van der Waals surface area contributed by atoms with E-state index in [0.717, 1.165) is 54.6 Å². The van der Waals surface area contributed by atoms with Crippen molar-refractivity contribution in [2.24, 2.45) is 0 Å². The highest BCUT2D eigenvalue weighted by Crippen LogP contribution is 2.34. The largest absolute Gasteiger partial charge is 0.490 e. The molecule has 0 spiro atoms. The predicted octanol–water partition coefficient (Wildman–Crippen LogP) is 6.70. The van der Waals surface area contributed by atoms with Crippen LogP contribution >= 0.6 is 31.9 Å². The summed E-state index contributed by atoms with van der Waals surface area (Å²) in [5, 5.41) is 11.0. The van der Waals surface area contributed by atoms with Crippen molar-refractivity contribution in [3.05, 3.63) is 56.8 Å². The number of rotatable bonds is 8. The molecule has 2 aromatic carbocycles. The minimum Gasteiger partial charge on any atom is -0.490 e. The number of nitrogens with zero attached hydrogens (tertiary/aromatic N) is 3. The van der Waals surface area contributed by atoms with E-state index < -0.39 is 0 Å². The van der Waals surface area contributed by atoms with Gasteiger partial charge >= 0.3 is 0 Å². The molecule has 0 aliphatic carbocycles. The van der Waals surface area contributed by atoms with E-state index in [1.807, 2.05) is 36.7 Å². The summed E-state index contributed by atoms with van der Waals surface area (Å²) in [6, 6.07) is 12.1. The van der Waals surface area contributed by atoms with Crippen molar-refractivity contribution >= 4 is 42.6 Å². The third-order valence-corrected chi connectivity index (χ3v) is 6.24. The summed E-state index contributed by atoms with van der Waals surface area (Å²) in [5.74, 6) is 2.25. The molecule has 0 aliphatic rings. The molecule has 2 heterocycles. The van der Waals surface area contributed by atoms with Gasteiger partial charge in [-0.15, -0.1) is 0 Å². The van der Waals surface area contributed by atoms with Gasteiger partial charge in [-0.25, -0.2) is 4.68 Å². The van der Waals surface area contributed by atoms with Crippen LogP contribution in [0.3, 0.4) is 0 Å². The molecule has 0 saturated carbocycles. The maximum atomic E-state index is 6.08. The number of aromatic nitrogens is 3. The van der Waals surface area contributed by atoms with Gasteiger partial charge in [-0.1, -0.05) is 40.1 Å². The summed E-state index contributed by atoms with van der Waals surface area (Å²) in [4.78, 5) is 0. The number of ether oxygens (including phenoxy) is 2. The number of halogens is 2. The maximum Gasteiger partial charge on any atom is 0.212 e. The maximum absolute atomic E-state index is 6.08. The van der Waals surface area contributed by atoms with Gasteiger partial charge in [0, 0.05) is 10.5 Å². The molecule has 6 nitrogen and oxygen atoms in total. The molecule has 0 bridgehead atoms. The fraction of sp³-hybridized carbons (Fsp3) is 0.304. The number of hydrogen-bond acceptors (Lipinski definition) is 5. The van der Waals surface area contributed by atoms with Crippen molar-refractivity contribution in [3.8, 4) is 22.9 Å². The second-order valence-electron chi connectivity index (χ2n) is 7.23. The minimum atomic E-state index is 0.450. The fourth-order valence-electron chi connectivity index (χ4n) is 3.45. The first kappa shape index (κ1) is 21.9. The Morgan fingerprint density at radius 2 is 1.87 bits per heavy atom. The van der Waals surface area contributed by atoms with Gasteiger partial charge in [0.2, 0.25) is 5.88 Å². The quantitative estimate of drug-likeness (QED) is 0.245. The number of fused-ring (bicyclic) bond motifs is 1. The molecule has 0 atom stereocenters. The number of benzene rings is 2. The Bertz CT molecular complexity index is 1200. The number of hydrogen-bond donors (Lipinski definition) is 0. The second-order valence-corrected chi connectivity index (χ2v) is 8.94. The van der Waals surface area contributed by atoms with Gasteiger partial charge in [-0.05, 0) is 65.2 Å². The fourth-order valence-corrected chi connectivity index (χ4v) is 4.44. The summed E-state index contributed by atoms with van der Waals surface area (Å²) in [7, 11) is 0. The summed E-state index contributed by atoms with van der Waals surface area (Å²) >= 11 is 7.20. The van der Waals surface area contributed by atoms with Crippen LogP contribution in [0.1, 0.15) is 24.8 Å². The van der Waals surface area contributed by atoms with Gasteiger partial charge < -0.3 is 14.0 Å². The molecular formula is C23H23Br2N3O3. The third kappa shape index (κ3) is 4.65. The van der Waals surface area contributed by atoms with Crippen LogP contribution in [0.4, 0.5) is 0 Å². The first-order valence-corrected chi connectivity index (χ1v) is 11.7. The SMILES string of the molecule is CCCOc1cc(-c2c(C)noc2C)nn1CCOc1ccc2cc(Br)ccc2c1Br. The minimum absolute atomic E-state index is 0.450. The van der Waals surface area contributed by atoms with Gasteiger partial charge in [0.05, 0.1) is 28.9 Å². The zero-order chi connectivity index (χ0) is 22.0. The van der Waals surface area contributed by atoms with E-state index in [1.54, 1.807) is 0 Å².